The van der Waals surface area contributed by atoms with Gasteiger partial charge in [-0.1, -0.05) is 188 Å². The van der Waals surface area contributed by atoms with Crippen LogP contribution in [0.1, 0.15) is 0 Å². The molecule has 6 nitrogen and oxygen atoms in total. The third-order valence-electron chi connectivity index (χ3n) is 12.1. The van der Waals surface area contributed by atoms with Gasteiger partial charge in [0.05, 0.1) is 11.0 Å². The van der Waals surface area contributed by atoms with E-state index in [0.717, 1.165) is 99.9 Å². The Labute approximate surface area is 375 Å². The number of hydrogen-bond acceptors (Lipinski definition) is 5. The number of imidazole rings is 1. The number of pyridine rings is 1. The molecule has 0 spiro atoms. The van der Waals surface area contributed by atoms with Crippen molar-refractivity contribution in [2.75, 3.05) is 0 Å². The fourth-order valence-corrected chi connectivity index (χ4v) is 9.07. The second kappa shape index (κ2) is 16.1. The molecule has 0 fully saturated rings. The van der Waals surface area contributed by atoms with E-state index < -0.39 is 0 Å². The monoisotopic (exact) mass is 830 g/mol. The molecule has 0 N–H and O–H groups in total. The van der Waals surface area contributed by atoms with E-state index in [4.69, 9.17) is 24.9 Å². The Morgan fingerprint density at radius 1 is 0.308 bits per heavy atom. The average Bonchev–Trinajstić information content (AvgIpc) is 3.78. The minimum atomic E-state index is 0.611. The third-order valence-corrected chi connectivity index (χ3v) is 12.1. The highest BCUT2D eigenvalue weighted by molar-refractivity contribution is 6.21. The number of benzene rings is 9. The summed E-state index contributed by atoms with van der Waals surface area (Å²) in [5, 5.41) is 4.58. The quantitative estimate of drug-likeness (QED) is 0.143. The van der Waals surface area contributed by atoms with E-state index >= 15 is 0 Å². The van der Waals surface area contributed by atoms with Gasteiger partial charge in [0.15, 0.2) is 23.3 Å². The van der Waals surface area contributed by atoms with E-state index in [-0.39, 0.29) is 0 Å². The molecule has 9 aromatic carbocycles. The topological polar surface area (TPSA) is 69.4 Å². The summed E-state index contributed by atoms with van der Waals surface area (Å²) in [5.74, 6) is 2.66. The summed E-state index contributed by atoms with van der Waals surface area (Å²) in [4.78, 5) is 25.5. The summed E-state index contributed by atoms with van der Waals surface area (Å²) in [7, 11) is 0. The molecule has 0 saturated carbocycles. The predicted octanol–water partition coefficient (Wildman–Crippen LogP) is 14.6. The Bertz CT molecular complexity index is 3620. The molecule has 6 heteroatoms. The van der Waals surface area contributed by atoms with Crippen LogP contribution < -0.4 is 0 Å². The van der Waals surface area contributed by atoms with Gasteiger partial charge in [0.1, 0.15) is 5.69 Å². The molecule has 12 rings (SSSR count). The van der Waals surface area contributed by atoms with Crippen LogP contribution in [0.3, 0.4) is 0 Å². The van der Waals surface area contributed by atoms with Crippen LogP contribution in [-0.2, 0) is 0 Å². The van der Waals surface area contributed by atoms with Gasteiger partial charge in [-0.3, -0.25) is 9.55 Å². The van der Waals surface area contributed by atoms with Crippen molar-refractivity contribution in [3.63, 3.8) is 0 Å². The van der Waals surface area contributed by atoms with Gasteiger partial charge in [-0.2, -0.15) is 0 Å². The summed E-state index contributed by atoms with van der Waals surface area (Å²) in [6, 6.07) is 77.8. The lowest BCUT2D eigenvalue weighted by Crippen LogP contribution is -2.00. The molecule has 0 unspecified atom stereocenters. The van der Waals surface area contributed by atoms with Crippen LogP contribution in [-0.4, -0.2) is 29.5 Å². The second-order valence-corrected chi connectivity index (χ2v) is 16.1. The molecule has 3 heterocycles. The molecule has 65 heavy (non-hydrogen) atoms. The van der Waals surface area contributed by atoms with Crippen LogP contribution in [0.2, 0.25) is 0 Å². The molecule has 304 valence electrons. The third kappa shape index (κ3) is 6.90. The van der Waals surface area contributed by atoms with Crippen LogP contribution in [0.15, 0.2) is 231 Å². The molecule has 0 saturated heterocycles. The number of para-hydroxylation sites is 3. The van der Waals surface area contributed by atoms with Crippen molar-refractivity contribution in [2.45, 2.75) is 0 Å². The van der Waals surface area contributed by atoms with Crippen LogP contribution >= 0.6 is 0 Å². The molecular weight excluding hydrogens is 793 g/mol. The summed E-state index contributed by atoms with van der Waals surface area (Å²) in [6.07, 6.45) is 2.00. The van der Waals surface area contributed by atoms with Gasteiger partial charge in [0.2, 0.25) is 0 Å². The zero-order valence-corrected chi connectivity index (χ0v) is 35.1. The number of aromatic nitrogens is 6. The van der Waals surface area contributed by atoms with E-state index in [0.29, 0.717) is 17.5 Å². The lowest BCUT2D eigenvalue weighted by molar-refractivity contribution is 1.07. The minimum absolute atomic E-state index is 0.611. The first-order valence-corrected chi connectivity index (χ1v) is 21.7. The smallest absolute Gasteiger partial charge is 0.164 e. The maximum atomic E-state index is 5.14. The minimum Gasteiger partial charge on any atom is -0.291 e. The Kier molecular flexibility index (Phi) is 9.38. The van der Waals surface area contributed by atoms with Crippen molar-refractivity contribution in [1.29, 1.82) is 0 Å². The molecule has 12 aromatic rings. The Hall–Kier alpha value is -8.87. The first kappa shape index (κ1) is 37.9. The maximum absolute atomic E-state index is 5.14. The number of hydrogen-bond donors (Lipinski definition) is 0. The zero-order valence-electron chi connectivity index (χ0n) is 35.1. The maximum Gasteiger partial charge on any atom is 0.164 e. The zero-order chi connectivity index (χ0) is 43.1. The number of rotatable bonds is 8. The van der Waals surface area contributed by atoms with Gasteiger partial charge in [-0.15, -0.1) is 0 Å². The van der Waals surface area contributed by atoms with E-state index in [1.165, 1.54) is 0 Å². The Morgan fingerprint density at radius 3 is 1.37 bits per heavy atom. The lowest BCUT2D eigenvalue weighted by Gasteiger charge is -2.18. The highest BCUT2D eigenvalue weighted by Crippen LogP contribution is 2.44. The molecule has 0 amide bonds. The lowest BCUT2D eigenvalue weighted by atomic mass is 9.86. The van der Waals surface area contributed by atoms with E-state index in [1.54, 1.807) is 0 Å². The Balaban J connectivity index is 0.974. The molecule has 3 aromatic heterocycles. The highest BCUT2D eigenvalue weighted by atomic mass is 15.1. The molecule has 0 aliphatic rings. The number of nitrogens with zero attached hydrogens (tertiary/aromatic N) is 6. The van der Waals surface area contributed by atoms with E-state index in [2.05, 4.69) is 180 Å². The van der Waals surface area contributed by atoms with Crippen LogP contribution in [0.25, 0.3) is 117 Å². The normalized spacial score (nSPS) is 11.4. The summed E-state index contributed by atoms with van der Waals surface area (Å²) < 4.78 is 2.19. The van der Waals surface area contributed by atoms with Gasteiger partial charge >= 0.3 is 0 Å². The molecule has 0 radical (unpaired) electrons. The van der Waals surface area contributed by atoms with Crippen molar-refractivity contribution in [3.8, 4) is 84.7 Å². The first-order chi connectivity index (χ1) is 32.2. The Morgan fingerprint density at radius 2 is 0.754 bits per heavy atom. The molecule has 0 aliphatic carbocycles. The van der Waals surface area contributed by atoms with Crippen molar-refractivity contribution in [1.82, 2.24) is 29.5 Å². The fraction of sp³-hybridized carbons (Fsp3) is 0. The van der Waals surface area contributed by atoms with Gasteiger partial charge in [-0.25, -0.2) is 19.9 Å². The van der Waals surface area contributed by atoms with Crippen LogP contribution in [0, 0.1) is 0 Å². The first-order valence-electron chi connectivity index (χ1n) is 21.7. The summed E-state index contributed by atoms with van der Waals surface area (Å²) in [5.41, 5.74) is 13.3. The average molecular weight is 831 g/mol. The van der Waals surface area contributed by atoms with Gasteiger partial charge < -0.3 is 0 Å². The van der Waals surface area contributed by atoms with E-state index in [1.807, 2.05) is 54.7 Å². The molecular formula is C59H38N6. The van der Waals surface area contributed by atoms with Crippen molar-refractivity contribution < 1.29 is 0 Å². The standard InChI is InChI=1S/C59H38N6/c1-4-17-39(18-5-1)40-31-33-42(34-32-40)57-62-56(41-19-6-2-7-20-41)63-58(64-57)44-22-16-21-43(37-44)54-47-25-10-12-27-49(47)55(50-28-13-11-26-48(50)54)45-35-36-52(60-38-45)59-61-51-29-14-15-30-53(51)65(59)46-23-8-3-9-24-46/h1-38H. The van der Waals surface area contributed by atoms with Crippen molar-refractivity contribution >= 4 is 32.6 Å². The molecule has 0 bridgehead atoms. The highest BCUT2D eigenvalue weighted by Gasteiger charge is 2.20. The predicted molar refractivity (Wildman–Crippen MR) is 265 cm³/mol. The van der Waals surface area contributed by atoms with Gasteiger partial charge in [0, 0.05) is 34.1 Å². The number of fused-ring (bicyclic) bond motifs is 3. The van der Waals surface area contributed by atoms with Gasteiger partial charge in [0.25, 0.3) is 0 Å². The molecule has 0 aliphatic heterocycles. The largest absolute Gasteiger partial charge is 0.291 e. The van der Waals surface area contributed by atoms with Crippen molar-refractivity contribution in [3.05, 3.63) is 231 Å². The second-order valence-electron chi connectivity index (χ2n) is 16.1. The SMILES string of the molecule is c1ccc(-c2ccc(-c3nc(-c4ccccc4)nc(-c4cccc(-c5c6ccccc6c(-c6ccc(-c7nc8ccccc8n7-c7ccccc7)nc6)c6ccccc56)c4)n3)cc2)cc1. The molecule has 0 atom stereocenters. The van der Waals surface area contributed by atoms with Gasteiger partial charge in [-0.05, 0) is 85.8 Å². The summed E-state index contributed by atoms with van der Waals surface area (Å²) >= 11 is 0. The fourth-order valence-electron chi connectivity index (χ4n) is 9.07. The van der Waals surface area contributed by atoms with Crippen LogP contribution in [0.5, 0.6) is 0 Å². The van der Waals surface area contributed by atoms with Crippen molar-refractivity contribution in [2.24, 2.45) is 0 Å². The van der Waals surface area contributed by atoms with E-state index in [9.17, 15) is 0 Å². The van der Waals surface area contributed by atoms with Crippen LogP contribution in [0.4, 0.5) is 0 Å². The summed E-state index contributed by atoms with van der Waals surface area (Å²) in [6.45, 7) is 0.